The molecule has 1 heterocycles. The third-order valence-corrected chi connectivity index (χ3v) is 3.57. The minimum atomic E-state index is -1.40. The molecule has 1 saturated carbocycles. The molecule has 4 heteroatoms. The molecule has 1 aromatic rings. The van der Waals surface area contributed by atoms with E-state index in [2.05, 4.69) is 4.99 Å². The molecule has 0 radical (unpaired) electrons. The Morgan fingerprint density at radius 2 is 2.00 bits per heavy atom. The monoisotopic (exact) mass is 255 g/mol. The Bertz CT molecular complexity index is 599. The van der Waals surface area contributed by atoms with Gasteiger partial charge in [0.15, 0.2) is 12.1 Å². The number of Topliss-reactive ketones (excluding diaryl/α,β-unsaturated/α-hetero) is 1. The molecule has 1 aromatic carbocycles. The van der Waals surface area contributed by atoms with Gasteiger partial charge in [-0.2, -0.15) is 0 Å². The van der Waals surface area contributed by atoms with E-state index in [1.54, 1.807) is 24.3 Å². The lowest BCUT2D eigenvalue weighted by Gasteiger charge is -2.25. The number of rotatable bonds is 4. The molecule has 0 saturated heterocycles. The fourth-order valence-corrected chi connectivity index (χ4v) is 2.44. The third-order valence-electron chi connectivity index (χ3n) is 3.57. The van der Waals surface area contributed by atoms with Gasteiger partial charge in [-0.1, -0.05) is 30.3 Å². The number of benzene rings is 1. The zero-order valence-corrected chi connectivity index (χ0v) is 10.2. The average Bonchev–Trinajstić information content (AvgIpc) is 3.23. The fraction of sp³-hybridized carbons (Fsp3) is 0.267. The minimum Gasteiger partial charge on any atom is -0.509 e. The van der Waals surface area contributed by atoms with E-state index in [1.165, 1.54) is 6.08 Å². The van der Waals surface area contributed by atoms with Gasteiger partial charge in [-0.15, -0.1) is 0 Å². The largest absolute Gasteiger partial charge is 0.509 e. The summed E-state index contributed by atoms with van der Waals surface area (Å²) >= 11 is 0. The molecule has 1 atom stereocenters. The highest BCUT2D eigenvalue weighted by atomic mass is 16.3. The van der Waals surface area contributed by atoms with Crippen LogP contribution in [0.3, 0.4) is 0 Å². The third kappa shape index (κ3) is 1.71. The maximum absolute atomic E-state index is 12.6. The van der Waals surface area contributed by atoms with Crippen LogP contribution in [0.5, 0.6) is 0 Å². The van der Waals surface area contributed by atoms with Crippen LogP contribution in [0.25, 0.3) is 0 Å². The number of nitrogens with zero attached hydrogens (tertiary/aromatic N) is 1. The number of ketones is 1. The van der Waals surface area contributed by atoms with Crippen LogP contribution in [0.15, 0.2) is 47.2 Å². The molecule has 3 rings (SSSR count). The van der Waals surface area contributed by atoms with E-state index < -0.39 is 5.54 Å². The Labute approximate surface area is 110 Å². The summed E-state index contributed by atoms with van der Waals surface area (Å²) < 4.78 is 0. The lowest BCUT2D eigenvalue weighted by molar-refractivity contribution is -0.125. The van der Waals surface area contributed by atoms with Gasteiger partial charge in [0.05, 0.1) is 0 Å². The van der Waals surface area contributed by atoms with E-state index in [0.717, 1.165) is 12.8 Å². The molecule has 0 bridgehead atoms. The number of carbonyl (C=O) groups is 2. The molecule has 1 aliphatic carbocycles. The average molecular weight is 255 g/mol. The van der Waals surface area contributed by atoms with Crippen LogP contribution >= 0.6 is 0 Å². The highest BCUT2D eigenvalue weighted by Crippen LogP contribution is 2.45. The fourth-order valence-electron chi connectivity index (χ4n) is 2.44. The van der Waals surface area contributed by atoms with Gasteiger partial charge in [0.1, 0.15) is 11.5 Å². The second kappa shape index (κ2) is 4.16. The summed E-state index contributed by atoms with van der Waals surface area (Å²) in [6.07, 6.45) is 3.49. The van der Waals surface area contributed by atoms with Crippen molar-refractivity contribution in [2.45, 2.75) is 18.4 Å². The molecular formula is C15H13NO3. The van der Waals surface area contributed by atoms with Crippen LogP contribution in [-0.2, 0) is 15.1 Å². The van der Waals surface area contributed by atoms with Gasteiger partial charge in [-0.25, -0.2) is 0 Å². The minimum absolute atomic E-state index is 0.0643. The standard InChI is InChI=1S/C15H13NO3/c17-9-12-8-13(18)15(16-12,14(19)10-6-7-10)11-4-2-1-3-5-11/h1-5,8-10,18H,6-7H2. The van der Waals surface area contributed by atoms with E-state index in [1.807, 2.05) is 6.07 Å². The van der Waals surface area contributed by atoms with Gasteiger partial charge in [0.25, 0.3) is 0 Å². The number of aliphatic hydroxyl groups excluding tert-OH is 1. The quantitative estimate of drug-likeness (QED) is 0.836. The Hall–Kier alpha value is -2.23. The van der Waals surface area contributed by atoms with Crippen LogP contribution in [0.1, 0.15) is 18.4 Å². The smallest absolute Gasteiger partial charge is 0.201 e. The molecular weight excluding hydrogens is 242 g/mol. The molecule has 1 unspecified atom stereocenters. The van der Waals surface area contributed by atoms with Crippen LogP contribution in [0.2, 0.25) is 0 Å². The summed E-state index contributed by atoms with van der Waals surface area (Å²) in [6, 6.07) is 8.92. The van der Waals surface area contributed by atoms with Crippen molar-refractivity contribution in [3.8, 4) is 0 Å². The maximum Gasteiger partial charge on any atom is 0.201 e. The Kier molecular flexibility index (Phi) is 2.59. The predicted molar refractivity (Wildman–Crippen MR) is 70.1 cm³/mol. The number of carbonyl (C=O) groups excluding carboxylic acids is 2. The second-order valence-electron chi connectivity index (χ2n) is 4.90. The van der Waals surface area contributed by atoms with Gasteiger partial charge in [-0.05, 0) is 18.4 Å². The maximum atomic E-state index is 12.6. The molecule has 1 fully saturated rings. The topological polar surface area (TPSA) is 66.7 Å². The van der Waals surface area contributed by atoms with Crippen molar-refractivity contribution >= 4 is 17.8 Å². The van der Waals surface area contributed by atoms with Gasteiger partial charge in [0, 0.05) is 12.0 Å². The summed E-state index contributed by atoms with van der Waals surface area (Å²) in [7, 11) is 0. The van der Waals surface area contributed by atoms with Crippen molar-refractivity contribution in [3.63, 3.8) is 0 Å². The molecule has 0 spiro atoms. The van der Waals surface area contributed by atoms with Gasteiger partial charge in [-0.3, -0.25) is 14.6 Å². The summed E-state index contributed by atoms with van der Waals surface area (Å²) in [5.74, 6) is -0.340. The van der Waals surface area contributed by atoms with E-state index in [0.29, 0.717) is 11.8 Å². The highest BCUT2D eigenvalue weighted by Gasteiger charge is 2.52. The number of hydrogen-bond donors (Lipinski definition) is 1. The molecule has 1 aliphatic heterocycles. The number of aldehydes is 1. The van der Waals surface area contributed by atoms with Crippen molar-refractivity contribution < 1.29 is 14.7 Å². The second-order valence-corrected chi connectivity index (χ2v) is 4.90. The zero-order chi connectivity index (χ0) is 13.5. The Morgan fingerprint density at radius 3 is 2.53 bits per heavy atom. The number of aliphatic hydroxyl groups is 1. The van der Waals surface area contributed by atoms with Crippen LogP contribution < -0.4 is 0 Å². The normalized spacial score (nSPS) is 25.7. The van der Waals surface area contributed by atoms with E-state index in [-0.39, 0.29) is 23.2 Å². The summed E-state index contributed by atoms with van der Waals surface area (Å²) in [5, 5.41) is 10.2. The van der Waals surface area contributed by atoms with E-state index >= 15 is 0 Å². The lowest BCUT2D eigenvalue weighted by Crippen LogP contribution is -2.36. The van der Waals surface area contributed by atoms with Crippen molar-refractivity contribution in [2.24, 2.45) is 10.9 Å². The van der Waals surface area contributed by atoms with Gasteiger partial charge in [0.2, 0.25) is 5.54 Å². The Morgan fingerprint density at radius 1 is 1.32 bits per heavy atom. The molecule has 1 N–H and O–H groups in total. The van der Waals surface area contributed by atoms with E-state index in [9.17, 15) is 14.7 Å². The van der Waals surface area contributed by atoms with Gasteiger partial charge >= 0.3 is 0 Å². The summed E-state index contributed by atoms with van der Waals surface area (Å²) in [4.78, 5) is 27.7. The van der Waals surface area contributed by atoms with Crippen molar-refractivity contribution in [2.75, 3.05) is 0 Å². The molecule has 0 amide bonds. The predicted octanol–water partition coefficient (Wildman–Crippen LogP) is 1.96. The lowest BCUT2D eigenvalue weighted by atomic mass is 9.83. The number of hydrogen-bond acceptors (Lipinski definition) is 4. The molecule has 0 aromatic heterocycles. The van der Waals surface area contributed by atoms with Gasteiger partial charge < -0.3 is 5.11 Å². The Balaban J connectivity index is 2.17. The van der Waals surface area contributed by atoms with Crippen molar-refractivity contribution in [1.82, 2.24) is 0 Å². The molecule has 4 nitrogen and oxygen atoms in total. The van der Waals surface area contributed by atoms with E-state index in [4.69, 9.17) is 0 Å². The van der Waals surface area contributed by atoms with Crippen LogP contribution in [0, 0.1) is 5.92 Å². The zero-order valence-electron chi connectivity index (χ0n) is 10.2. The number of aliphatic imine (C=N–C) groups is 1. The first-order valence-electron chi connectivity index (χ1n) is 6.24. The summed E-state index contributed by atoms with van der Waals surface area (Å²) in [5.41, 5.74) is -0.688. The first-order chi connectivity index (χ1) is 9.18. The van der Waals surface area contributed by atoms with Crippen LogP contribution in [-0.4, -0.2) is 22.9 Å². The van der Waals surface area contributed by atoms with Crippen LogP contribution in [0.4, 0.5) is 0 Å². The molecule has 96 valence electrons. The van der Waals surface area contributed by atoms with Crippen molar-refractivity contribution in [1.29, 1.82) is 0 Å². The highest BCUT2D eigenvalue weighted by molar-refractivity contribution is 6.35. The summed E-state index contributed by atoms with van der Waals surface area (Å²) in [6.45, 7) is 0. The molecule has 2 aliphatic rings. The first kappa shape index (κ1) is 11.8. The molecule has 19 heavy (non-hydrogen) atoms. The first-order valence-corrected chi connectivity index (χ1v) is 6.24. The number of allylic oxidation sites excluding steroid dienone is 1. The SMILES string of the molecule is O=CC1=NC(C(=O)C2CC2)(c2ccccc2)C(O)=C1. The van der Waals surface area contributed by atoms with Crippen molar-refractivity contribution in [3.05, 3.63) is 47.7 Å².